The Labute approximate surface area is 104 Å². The Morgan fingerprint density at radius 3 is 2.67 bits per heavy atom. The van der Waals surface area contributed by atoms with Crippen molar-refractivity contribution in [1.82, 2.24) is 10.6 Å². The van der Waals surface area contributed by atoms with E-state index < -0.39 is 18.6 Å². The summed E-state index contributed by atoms with van der Waals surface area (Å²) in [6.07, 6.45) is -1.11. The lowest BCUT2D eigenvalue weighted by molar-refractivity contribution is -0.137. The lowest BCUT2D eigenvalue weighted by atomic mass is 10.4. The first-order chi connectivity index (χ1) is 8.47. The van der Waals surface area contributed by atoms with Crippen LogP contribution in [-0.4, -0.2) is 44.9 Å². The minimum Gasteiger partial charge on any atom is -0.381 e. The van der Waals surface area contributed by atoms with Gasteiger partial charge in [0.25, 0.3) is 0 Å². The molecule has 2 N–H and O–H groups in total. The number of carbonyl (C=O) groups is 1. The Balaban J connectivity index is 1.82. The van der Waals surface area contributed by atoms with Crippen molar-refractivity contribution in [2.75, 3.05) is 32.8 Å². The fraction of sp³-hybridized carbons (Fsp3) is 0.909. The molecule has 0 spiro atoms. The first-order valence-electron chi connectivity index (χ1n) is 6.09. The van der Waals surface area contributed by atoms with E-state index in [0.717, 1.165) is 18.9 Å². The molecule has 0 aromatic rings. The lowest BCUT2D eigenvalue weighted by Gasteiger charge is -2.09. The topological polar surface area (TPSA) is 50.4 Å². The van der Waals surface area contributed by atoms with Gasteiger partial charge in [-0.25, -0.2) is 0 Å². The summed E-state index contributed by atoms with van der Waals surface area (Å²) in [5.41, 5.74) is 0. The van der Waals surface area contributed by atoms with Crippen molar-refractivity contribution < 1.29 is 22.7 Å². The van der Waals surface area contributed by atoms with E-state index in [2.05, 4.69) is 5.32 Å². The van der Waals surface area contributed by atoms with Gasteiger partial charge < -0.3 is 15.4 Å². The average Bonchev–Trinajstić information content (AvgIpc) is 3.08. The van der Waals surface area contributed by atoms with E-state index >= 15 is 0 Å². The second kappa shape index (κ2) is 7.58. The fourth-order valence-electron chi connectivity index (χ4n) is 1.30. The van der Waals surface area contributed by atoms with Crippen LogP contribution >= 0.6 is 0 Å². The van der Waals surface area contributed by atoms with Gasteiger partial charge in [0, 0.05) is 13.2 Å². The number of carbonyl (C=O) groups excluding carboxylic acids is 1. The molecule has 1 rings (SSSR count). The molecule has 0 heterocycles. The quantitative estimate of drug-likeness (QED) is 0.615. The van der Waals surface area contributed by atoms with E-state index in [1.807, 2.05) is 0 Å². The second-order valence-corrected chi connectivity index (χ2v) is 4.44. The predicted molar refractivity (Wildman–Crippen MR) is 60.1 cm³/mol. The molecule has 1 saturated carbocycles. The summed E-state index contributed by atoms with van der Waals surface area (Å²) < 4.78 is 40.7. The van der Waals surface area contributed by atoms with Crippen molar-refractivity contribution in [3.05, 3.63) is 0 Å². The summed E-state index contributed by atoms with van der Waals surface area (Å²) in [5.74, 6) is 0.0809. The first kappa shape index (κ1) is 15.2. The van der Waals surface area contributed by atoms with Gasteiger partial charge >= 0.3 is 6.18 Å². The maximum absolute atomic E-state index is 11.8. The predicted octanol–water partition coefficient (Wildman–Crippen LogP) is 1.07. The van der Waals surface area contributed by atoms with Gasteiger partial charge in [0.05, 0.1) is 6.54 Å². The molecule has 1 fully saturated rings. The van der Waals surface area contributed by atoms with Crippen LogP contribution in [0.5, 0.6) is 0 Å². The molecule has 1 aliphatic carbocycles. The molecule has 4 nitrogen and oxygen atoms in total. The highest BCUT2D eigenvalue weighted by molar-refractivity contribution is 5.77. The van der Waals surface area contributed by atoms with E-state index in [1.54, 1.807) is 5.32 Å². The zero-order valence-electron chi connectivity index (χ0n) is 10.2. The number of alkyl halides is 3. The highest BCUT2D eigenvalue weighted by Gasteiger charge is 2.27. The van der Waals surface area contributed by atoms with Crippen molar-refractivity contribution in [2.45, 2.75) is 25.4 Å². The zero-order chi connectivity index (χ0) is 13.4. The largest absolute Gasteiger partial charge is 0.405 e. The molecule has 1 amide bonds. The highest BCUT2D eigenvalue weighted by atomic mass is 19.4. The standard InChI is InChI=1S/C11H19F3N2O2/c12-11(13,14)8-16-10(17)6-15-4-1-5-18-7-9-2-3-9/h9,15H,1-8H2,(H,16,17). The van der Waals surface area contributed by atoms with Crippen LogP contribution in [0.2, 0.25) is 0 Å². The lowest BCUT2D eigenvalue weighted by Crippen LogP contribution is -2.39. The van der Waals surface area contributed by atoms with Crippen LogP contribution in [0.25, 0.3) is 0 Å². The van der Waals surface area contributed by atoms with Gasteiger partial charge in [0.1, 0.15) is 6.54 Å². The fourth-order valence-corrected chi connectivity index (χ4v) is 1.30. The third-order valence-corrected chi connectivity index (χ3v) is 2.46. The molecular weight excluding hydrogens is 249 g/mol. The van der Waals surface area contributed by atoms with Gasteiger partial charge in [-0.1, -0.05) is 0 Å². The van der Waals surface area contributed by atoms with Crippen LogP contribution in [0, 0.1) is 5.92 Å². The zero-order valence-corrected chi connectivity index (χ0v) is 10.2. The van der Waals surface area contributed by atoms with Gasteiger partial charge in [-0.2, -0.15) is 13.2 Å². The van der Waals surface area contributed by atoms with Crippen molar-refractivity contribution in [1.29, 1.82) is 0 Å². The van der Waals surface area contributed by atoms with E-state index in [-0.39, 0.29) is 6.54 Å². The average molecular weight is 268 g/mol. The minimum absolute atomic E-state index is 0.0985. The van der Waals surface area contributed by atoms with Crippen molar-refractivity contribution in [2.24, 2.45) is 5.92 Å². The van der Waals surface area contributed by atoms with Crippen LogP contribution in [-0.2, 0) is 9.53 Å². The number of amides is 1. The Morgan fingerprint density at radius 1 is 1.33 bits per heavy atom. The molecule has 1 aliphatic rings. The summed E-state index contributed by atoms with van der Waals surface area (Å²) in [6.45, 7) is 0.598. The third kappa shape index (κ3) is 9.23. The molecule has 0 aromatic carbocycles. The molecule has 106 valence electrons. The van der Waals surface area contributed by atoms with Crippen LogP contribution in [0.15, 0.2) is 0 Å². The van der Waals surface area contributed by atoms with Crippen molar-refractivity contribution >= 4 is 5.91 Å². The molecule has 0 saturated heterocycles. The summed E-state index contributed by atoms with van der Waals surface area (Å²) in [4.78, 5) is 11.0. The number of rotatable bonds is 9. The molecule has 0 atom stereocenters. The van der Waals surface area contributed by atoms with Gasteiger partial charge in [0.15, 0.2) is 0 Å². The highest BCUT2D eigenvalue weighted by Crippen LogP contribution is 2.28. The van der Waals surface area contributed by atoms with Crippen LogP contribution < -0.4 is 10.6 Å². The summed E-state index contributed by atoms with van der Waals surface area (Å²) >= 11 is 0. The Hall–Kier alpha value is -0.820. The van der Waals surface area contributed by atoms with Crippen LogP contribution in [0.1, 0.15) is 19.3 Å². The van der Waals surface area contributed by atoms with E-state index in [9.17, 15) is 18.0 Å². The number of hydrogen-bond donors (Lipinski definition) is 2. The third-order valence-electron chi connectivity index (χ3n) is 2.46. The van der Waals surface area contributed by atoms with E-state index in [4.69, 9.17) is 4.74 Å². The number of halogens is 3. The minimum atomic E-state index is -4.35. The van der Waals surface area contributed by atoms with Gasteiger partial charge in [-0.05, 0) is 31.7 Å². The van der Waals surface area contributed by atoms with Gasteiger partial charge in [-0.3, -0.25) is 4.79 Å². The smallest absolute Gasteiger partial charge is 0.381 e. The first-order valence-corrected chi connectivity index (χ1v) is 6.09. The summed E-state index contributed by atoms with van der Waals surface area (Å²) in [6, 6.07) is 0. The molecule has 0 bridgehead atoms. The Morgan fingerprint density at radius 2 is 2.06 bits per heavy atom. The molecular formula is C11H19F3N2O2. The van der Waals surface area contributed by atoms with E-state index in [0.29, 0.717) is 13.2 Å². The summed E-state index contributed by atoms with van der Waals surface area (Å²) in [7, 11) is 0. The number of hydrogen-bond acceptors (Lipinski definition) is 3. The van der Waals surface area contributed by atoms with Crippen LogP contribution in [0.3, 0.4) is 0 Å². The van der Waals surface area contributed by atoms with Gasteiger partial charge in [-0.15, -0.1) is 0 Å². The van der Waals surface area contributed by atoms with Gasteiger partial charge in [0.2, 0.25) is 5.91 Å². The monoisotopic (exact) mass is 268 g/mol. The molecule has 0 aliphatic heterocycles. The molecule has 0 aromatic heterocycles. The maximum atomic E-state index is 11.8. The summed E-state index contributed by atoms with van der Waals surface area (Å²) in [5, 5.41) is 4.56. The Kier molecular flexibility index (Phi) is 6.42. The number of nitrogens with one attached hydrogen (secondary N) is 2. The van der Waals surface area contributed by atoms with Crippen molar-refractivity contribution in [3.8, 4) is 0 Å². The van der Waals surface area contributed by atoms with Crippen LogP contribution in [0.4, 0.5) is 13.2 Å². The maximum Gasteiger partial charge on any atom is 0.405 e. The normalized spacial score (nSPS) is 15.7. The van der Waals surface area contributed by atoms with Crippen molar-refractivity contribution in [3.63, 3.8) is 0 Å². The molecule has 0 unspecified atom stereocenters. The number of ether oxygens (including phenoxy) is 1. The Bertz CT molecular complexity index is 255. The molecule has 7 heteroatoms. The SMILES string of the molecule is O=C(CNCCCOCC1CC1)NCC(F)(F)F. The van der Waals surface area contributed by atoms with E-state index in [1.165, 1.54) is 12.8 Å². The molecule has 0 radical (unpaired) electrons. The molecule has 18 heavy (non-hydrogen) atoms. The second-order valence-electron chi connectivity index (χ2n) is 4.44.